The minimum atomic E-state index is 0.562. The Morgan fingerprint density at radius 1 is 1.42 bits per heavy atom. The number of hydrogen-bond donors (Lipinski definition) is 1. The van der Waals surface area contributed by atoms with Gasteiger partial charge in [-0.3, -0.25) is 0 Å². The summed E-state index contributed by atoms with van der Waals surface area (Å²) in [6.45, 7) is 4.63. The van der Waals surface area contributed by atoms with Gasteiger partial charge in [0.15, 0.2) is 0 Å². The van der Waals surface area contributed by atoms with E-state index in [1.165, 1.54) is 0 Å². The van der Waals surface area contributed by atoms with Crippen molar-refractivity contribution in [2.75, 3.05) is 11.9 Å². The van der Waals surface area contributed by atoms with Crippen LogP contribution < -0.4 is 5.32 Å². The molecular formula is C8H10Cl2N2. The highest BCUT2D eigenvalue weighted by atomic mass is 35.5. The Bertz CT molecular complexity index is 287. The van der Waals surface area contributed by atoms with Crippen LogP contribution in [-0.2, 0) is 0 Å². The van der Waals surface area contributed by atoms with Gasteiger partial charge in [-0.1, -0.05) is 23.2 Å². The van der Waals surface area contributed by atoms with Gasteiger partial charge in [0.05, 0.1) is 15.7 Å². The lowest BCUT2D eigenvalue weighted by atomic mass is 10.3. The molecule has 1 aromatic heterocycles. The monoisotopic (exact) mass is 204 g/mol. The molecule has 0 bridgehead atoms. The number of halogens is 2. The van der Waals surface area contributed by atoms with Crippen LogP contribution >= 0.6 is 23.2 Å². The van der Waals surface area contributed by atoms with Gasteiger partial charge in [-0.25, -0.2) is 4.98 Å². The van der Waals surface area contributed by atoms with Crippen molar-refractivity contribution in [1.29, 1.82) is 0 Å². The van der Waals surface area contributed by atoms with E-state index in [1.807, 2.05) is 13.8 Å². The van der Waals surface area contributed by atoms with E-state index in [-0.39, 0.29) is 0 Å². The second kappa shape index (κ2) is 3.97. The average Bonchev–Trinajstić information content (AvgIpc) is 2.01. The third-order valence-corrected chi connectivity index (χ3v) is 2.12. The Kier molecular flexibility index (Phi) is 3.18. The lowest BCUT2D eigenvalue weighted by Gasteiger charge is -2.06. The maximum absolute atomic E-state index is 5.87. The van der Waals surface area contributed by atoms with Crippen LogP contribution in [0.5, 0.6) is 0 Å². The zero-order valence-corrected chi connectivity index (χ0v) is 8.50. The van der Waals surface area contributed by atoms with Crippen LogP contribution in [0.15, 0.2) is 6.07 Å². The molecule has 66 valence electrons. The Hall–Kier alpha value is -0.470. The van der Waals surface area contributed by atoms with Crippen LogP contribution in [0.2, 0.25) is 10.0 Å². The Balaban J connectivity index is 3.05. The number of pyridine rings is 1. The van der Waals surface area contributed by atoms with Crippen molar-refractivity contribution in [2.45, 2.75) is 13.8 Å². The van der Waals surface area contributed by atoms with Crippen LogP contribution in [0.3, 0.4) is 0 Å². The fraction of sp³-hybridized carbons (Fsp3) is 0.375. The van der Waals surface area contributed by atoms with Crippen molar-refractivity contribution in [3.05, 3.63) is 21.8 Å². The maximum Gasteiger partial charge on any atom is 0.145 e. The van der Waals surface area contributed by atoms with E-state index in [2.05, 4.69) is 10.3 Å². The van der Waals surface area contributed by atoms with Gasteiger partial charge in [0.2, 0.25) is 0 Å². The Labute approximate surface area is 81.9 Å². The molecule has 0 spiro atoms. The number of aryl methyl sites for hydroxylation is 1. The third-order valence-electron chi connectivity index (χ3n) is 1.45. The zero-order valence-electron chi connectivity index (χ0n) is 6.99. The molecule has 0 aromatic carbocycles. The number of nitrogens with zero attached hydrogens (tertiary/aromatic N) is 1. The fourth-order valence-electron chi connectivity index (χ4n) is 0.850. The highest BCUT2D eigenvalue weighted by Crippen LogP contribution is 2.25. The first-order valence-corrected chi connectivity index (χ1v) is 4.47. The normalized spacial score (nSPS) is 10.0. The predicted octanol–water partition coefficient (Wildman–Crippen LogP) is 3.13. The van der Waals surface area contributed by atoms with Crippen molar-refractivity contribution in [2.24, 2.45) is 0 Å². The summed E-state index contributed by atoms with van der Waals surface area (Å²) in [7, 11) is 0. The molecule has 0 atom stereocenters. The maximum atomic E-state index is 5.87. The lowest BCUT2D eigenvalue weighted by molar-refractivity contribution is 1.12. The number of hydrogen-bond acceptors (Lipinski definition) is 2. The number of rotatable bonds is 2. The van der Waals surface area contributed by atoms with Gasteiger partial charge in [-0.15, -0.1) is 0 Å². The highest BCUT2D eigenvalue weighted by Gasteiger charge is 2.04. The average molecular weight is 205 g/mol. The van der Waals surface area contributed by atoms with Gasteiger partial charge in [0.1, 0.15) is 5.82 Å². The second-order valence-electron chi connectivity index (χ2n) is 2.42. The van der Waals surface area contributed by atoms with E-state index < -0.39 is 0 Å². The van der Waals surface area contributed by atoms with Crippen molar-refractivity contribution in [3.63, 3.8) is 0 Å². The van der Waals surface area contributed by atoms with Gasteiger partial charge >= 0.3 is 0 Å². The summed E-state index contributed by atoms with van der Waals surface area (Å²) in [5.74, 6) is 0.695. The summed E-state index contributed by atoms with van der Waals surface area (Å²) < 4.78 is 0. The first kappa shape index (κ1) is 9.62. The largest absolute Gasteiger partial charge is 0.369 e. The molecule has 0 aliphatic rings. The van der Waals surface area contributed by atoms with Crippen LogP contribution in [0.1, 0.15) is 12.6 Å². The topological polar surface area (TPSA) is 24.9 Å². The minimum absolute atomic E-state index is 0.562. The van der Waals surface area contributed by atoms with Crippen LogP contribution in [0.4, 0.5) is 5.82 Å². The number of aromatic nitrogens is 1. The molecule has 0 radical (unpaired) electrons. The molecule has 0 aliphatic heterocycles. The van der Waals surface area contributed by atoms with E-state index in [0.717, 1.165) is 12.2 Å². The first-order valence-electron chi connectivity index (χ1n) is 3.71. The fourth-order valence-corrected chi connectivity index (χ4v) is 1.28. The quantitative estimate of drug-likeness (QED) is 0.802. The highest BCUT2D eigenvalue weighted by molar-refractivity contribution is 6.36. The molecule has 0 saturated heterocycles. The summed E-state index contributed by atoms with van der Waals surface area (Å²) in [5, 5.41) is 4.20. The van der Waals surface area contributed by atoms with Crippen molar-refractivity contribution in [3.8, 4) is 0 Å². The van der Waals surface area contributed by atoms with Gasteiger partial charge in [-0.2, -0.15) is 0 Å². The zero-order chi connectivity index (χ0) is 9.14. The Morgan fingerprint density at radius 2 is 2.08 bits per heavy atom. The summed E-state index contributed by atoms with van der Waals surface area (Å²) in [6.07, 6.45) is 0. The lowest BCUT2D eigenvalue weighted by Crippen LogP contribution is -2.01. The SMILES string of the molecule is CCNc1nc(C)c(Cl)cc1Cl. The summed E-state index contributed by atoms with van der Waals surface area (Å²) in [4.78, 5) is 4.19. The molecule has 0 unspecified atom stereocenters. The van der Waals surface area contributed by atoms with Crippen molar-refractivity contribution >= 4 is 29.0 Å². The molecule has 1 rings (SSSR count). The molecule has 1 heterocycles. The van der Waals surface area contributed by atoms with Gasteiger partial charge in [0, 0.05) is 6.54 Å². The summed E-state index contributed by atoms with van der Waals surface area (Å²) in [6, 6.07) is 1.70. The van der Waals surface area contributed by atoms with E-state index >= 15 is 0 Å². The van der Waals surface area contributed by atoms with Gasteiger partial charge in [-0.05, 0) is 19.9 Å². The van der Waals surface area contributed by atoms with Crippen LogP contribution in [0.25, 0.3) is 0 Å². The first-order chi connectivity index (χ1) is 5.65. The predicted molar refractivity (Wildman–Crippen MR) is 53.2 cm³/mol. The van der Waals surface area contributed by atoms with Crippen molar-refractivity contribution in [1.82, 2.24) is 4.98 Å². The summed E-state index contributed by atoms with van der Waals surface area (Å²) >= 11 is 11.7. The minimum Gasteiger partial charge on any atom is -0.369 e. The molecule has 0 saturated carbocycles. The van der Waals surface area contributed by atoms with E-state index in [9.17, 15) is 0 Å². The van der Waals surface area contributed by atoms with Crippen LogP contribution in [-0.4, -0.2) is 11.5 Å². The molecule has 0 fully saturated rings. The second-order valence-corrected chi connectivity index (χ2v) is 3.23. The van der Waals surface area contributed by atoms with Gasteiger partial charge < -0.3 is 5.32 Å². The molecule has 12 heavy (non-hydrogen) atoms. The van der Waals surface area contributed by atoms with E-state index in [1.54, 1.807) is 6.07 Å². The van der Waals surface area contributed by atoms with E-state index in [0.29, 0.717) is 15.9 Å². The Morgan fingerprint density at radius 3 is 2.67 bits per heavy atom. The summed E-state index contributed by atoms with van der Waals surface area (Å²) in [5.41, 5.74) is 0.789. The van der Waals surface area contributed by atoms with Crippen LogP contribution in [0, 0.1) is 6.92 Å². The molecule has 4 heteroatoms. The molecule has 0 aliphatic carbocycles. The molecule has 2 nitrogen and oxygen atoms in total. The van der Waals surface area contributed by atoms with Gasteiger partial charge in [0.25, 0.3) is 0 Å². The van der Waals surface area contributed by atoms with E-state index in [4.69, 9.17) is 23.2 Å². The molecular weight excluding hydrogens is 195 g/mol. The van der Waals surface area contributed by atoms with Crippen molar-refractivity contribution < 1.29 is 0 Å². The standard InChI is InChI=1S/C8H10Cl2N2/c1-3-11-8-7(10)4-6(9)5(2)12-8/h4H,3H2,1-2H3,(H,11,12). The smallest absolute Gasteiger partial charge is 0.145 e. The number of nitrogens with one attached hydrogen (secondary N) is 1. The molecule has 0 amide bonds. The third kappa shape index (κ3) is 2.02. The molecule has 1 aromatic rings. The molecule has 1 N–H and O–H groups in total. The number of anilines is 1.